The molecule has 1 aromatic carbocycles. The second-order valence-corrected chi connectivity index (χ2v) is 4.17. The molecule has 7 heteroatoms. The Kier molecular flexibility index (Phi) is 2.74. The van der Waals surface area contributed by atoms with Gasteiger partial charge in [0.15, 0.2) is 5.82 Å². The van der Waals surface area contributed by atoms with Gasteiger partial charge in [-0.2, -0.15) is 0 Å². The summed E-state index contributed by atoms with van der Waals surface area (Å²) >= 11 is 0. The van der Waals surface area contributed by atoms with Crippen LogP contribution in [0.25, 0.3) is 0 Å². The Morgan fingerprint density at radius 2 is 1.80 bits per heavy atom. The van der Waals surface area contributed by atoms with Crippen LogP contribution in [0.3, 0.4) is 0 Å². The number of amides is 1. The number of nitrogens with zero attached hydrogens (tertiary/aromatic N) is 3. The number of fused-ring (bicyclic) bond motifs is 1. The summed E-state index contributed by atoms with van der Waals surface area (Å²) in [4.78, 5) is 32.3. The van der Waals surface area contributed by atoms with Gasteiger partial charge in [-0.15, -0.1) is 0 Å². The standard InChI is InChI=1S/C13H7F2N3O2/c14-7-4-8-11(9(15)5-7)18(13(20)12(8)19)6-10-16-2-1-3-17-10/h1-5H,6H2. The SMILES string of the molecule is O=C1C(=O)N(Cc2ncccn2)c2c(F)cc(F)cc21. The van der Waals surface area contributed by atoms with E-state index in [1.165, 1.54) is 12.4 Å². The highest BCUT2D eigenvalue weighted by Crippen LogP contribution is 2.33. The number of ketones is 1. The lowest BCUT2D eigenvalue weighted by molar-refractivity contribution is -0.114. The average molecular weight is 275 g/mol. The van der Waals surface area contributed by atoms with Crippen LogP contribution in [0.15, 0.2) is 30.6 Å². The number of anilines is 1. The van der Waals surface area contributed by atoms with E-state index in [0.717, 1.165) is 11.0 Å². The van der Waals surface area contributed by atoms with Gasteiger partial charge in [0, 0.05) is 18.5 Å². The van der Waals surface area contributed by atoms with Gasteiger partial charge in [0.1, 0.15) is 11.6 Å². The number of Topliss-reactive ketones (excluding diaryl/α,β-unsaturated/α-hetero) is 1. The molecule has 20 heavy (non-hydrogen) atoms. The number of hydrogen-bond acceptors (Lipinski definition) is 4. The topological polar surface area (TPSA) is 63.2 Å². The molecule has 0 fully saturated rings. The highest BCUT2D eigenvalue weighted by molar-refractivity contribution is 6.52. The molecule has 3 rings (SSSR count). The van der Waals surface area contributed by atoms with Gasteiger partial charge in [0.25, 0.3) is 11.7 Å². The van der Waals surface area contributed by atoms with E-state index >= 15 is 0 Å². The number of benzene rings is 1. The summed E-state index contributed by atoms with van der Waals surface area (Å²) in [5.41, 5.74) is -0.503. The van der Waals surface area contributed by atoms with E-state index in [0.29, 0.717) is 6.07 Å². The zero-order chi connectivity index (χ0) is 14.3. The Bertz CT molecular complexity index is 719. The van der Waals surface area contributed by atoms with Crippen molar-refractivity contribution in [2.24, 2.45) is 0 Å². The Labute approximate surface area is 111 Å². The van der Waals surface area contributed by atoms with Crippen molar-refractivity contribution >= 4 is 17.4 Å². The van der Waals surface area contributed by atoms with Gasteiger partial charge in [-0.05, 0) is 12.1 Å². The second kappa shape index (κ2) is 4.44. The molecule has 100 valence electrons. The largest absolute Gasteiger partial charge is 0.299 e. The lowest BCUT2D eigenvalue weighted by Crippen LogP contribution is -2.30. The fraction of sp³-hybridized carbons (Fsp3) is 0.0769. The molecule has 0 bridgehead atoms. The molecule has 0 aliphatic carbocycles. The van der Waals surface area contributed by atoms with Crippen molar-refractivity contribution < 1.29 is 18.4 Å². The minimum Gasteiger partial charge on any atom is -0.294 e. The highest BCUT2D eigenvalue weighted by atomic mass is 19.1. The van der Waals surface area contributed by atoms with E-state index in [-0.39, 0.29) is 23.6 Å². The molecule has 0 N–H and O–H groups in total. The van der Waals surface area contributed by atoms with E-state index in [9.17, 15) is 18.4 Å². The smallest absolute Gasteiger partial charge is 0.294 e. The van der Waals surface area contributed by atoms with Crippen molar-refractivity contribution in [1.82, 2.24) is 9.97 Å². The molecule has 0 radical (unpaired) electrons. The molecule has 5 nitrogen and oxygen atoms in total. The molecule has 0 saturated carbocycles. The number of halogens is 2. The van der Waals surface area contributed by atoms with Gasteiger partial charge in [-0.3, -0.25) is 14.5 Å². The molecule has 0 saturated heterocycles. The fourth-order valence-corrected chi connectivity index (χ4v) is 2.06. The van der Waals surface area contributed by atoms with Crippen LogP contribution in [0.1, 0.15) is 16.2 Å². The van der Waals surface area contributed by atoms with Crippen molar-refractivity contribution in [1.29, 1.82) is 0 Å². The predicted molar refractivity (Wildman–Crippen MR) is 63.9 cm³/mol. The Morgan fingerprint density at radius 3 is 2.50 bits per heavy atom. The van der Waals surface area contributed by atoms with Crippen molar-refractivity contribution in [3.63, 3.8) is 0 Å². The first-order chi connectivity index (χ1) is 9.58. The fourth-order valence-electron chi connectivity index (χ4n) is 2.06. The van der Waals surface area contributed by atoms with Crippen molar-refractivity contribution in [3.8, 4) is 0 Å². The molecule has 0 spiro atoms. The predicted octanol–water partition coefficient (Wildman–Crippen LogP) is 1.48. The Balaban J connectivity index is 2.07. The quantitative estimate of drug-likeness (QED) is 0.779. The summed E-state index contributed by atoms with van der Waals surface area (Å²) in [7, 11) is 0. The minimum atomic E-state index is -0.963. The summed E-state index contributed by atoms with van der Waals surface area (Å²) in [5.74, 6) is -3.47. The van der Waals surface area contributed by atoms with Crippen LogP contribution in [0, 0.1) is 11.6 Å². The third-order valence-electron chi connectivity index (χ3n) is 2.90. The van der Waals surface area contributed by atoms with Crippen LogP contribution >= 0.6 is 0 Å². The molecule has 1 amide bonds. The summed E-state index contributed by atoms with van der Waals surface area (Å²) in [5, 5.41) is 0. The third-order valence-corrected chi connectivity index (χ3v) is 2.90. The van der Waals surface area contributed by atoms with Gasteiger partial charge in [-0.25, -0.2) is 18.7 Å². The summed E-state index contributed by atoms with van der Waals surface area (Å²) < 4.78 is 27.0. The number of hydrogen-bond donors (Lipinski definition) is 0. The van der Waals surface area contributed by atoms with Gasteiger partial charge in [-0.1, -0.05) is 0 Å². The van der Waals surface area contributed by atoms with Crippen molar-refractivity contribution in [2.45, 2.75) is 6.54 Å². The zero-order valence-corrected chi connectivity index (χ0v) is 10.0. The third kappa shape index (κ3) is 1.83. The molecular formula is C13H7F2N3O2. The molecule has 0 unspecified atom stereocenters. The van der Waals surface area contributed by atoms with Gasteiger partial charge < -0.3 is 0 Å². The van der Waals surface area contributed by atoms with Crippen LogP contribution < -0.4 is 4.90 Å². The van der Waals surface area contributed by atoms with Crippen LogP contribution in [-0.2, 0) is 11.3 Å². The zero-order valence-electron chi connectivity index (χ0n) is 10.0. The van der Waals surface area contributed by atoms with E-state index in [4.69, 9.17) is 0 Å². The molecule has 1 aliphatic heterocycles. The van der Waals surface area contributed by atoms with Gasteiger partial charge in [0.05, 0.1) is 17.8 Å². The first kappa shape index (κ1) is 12.3. The van der Waals surface area contributed by atoms with Crippen molar-refractivity contribution in [3.05, 3.63) is 53.6 Å². The van der Waals surface area contributed by atoms with Crippen LogP contribution in [0.4, 0.5) is 14.5 Å². The maximum Gasteiger partial charge on any atom is 0.299 e. The number of carbonyl (C=O) groups is 2. The van der Waals surface area contributed by atoms with E-state index in [1.54, 1.807) is 6.07 Å². The molecule has 0 atom stereocenters. The molecule has 2 aromatic rings. The molecule has 1 aromatic heterocycles. The first-order valence-electron chi connectivity index (χ1n) is 5.69. The van der Waals surface area contributed by atoms with Gasteiger partial charge in [0.2, 0.25) is 0 Å². The maximum atomic E-state index is 13.8. The lowest BCUT2D eigenvalue weighted by atomic mass is 10.1. The van der Waals surface area contributed by atoms with Crippen molar-refractivity contribution in [2.75, 3.05) is 4.90 Å². The first-order valence-corrected chi connectivity index (χ1v) is 5.69. The summed E-state index contributed by atoms with van der Waals surface area (Å²) in [6, 6.07) is 3.07. The minimum absolute atomic E-state index is 0.152. The van der Waals surface area contributed by atoms with Crippen LogP contribution in [-0.4, -0.2) is 21.7 Å². The van der Waals surface area contributed by atoms with E-state index in [1.807, 2.05) is 0 Å². The molecule has 1 aliphatic rings. The molecule has 2 heterocycles. The summed E-state index contributed by atoms with van der Waals surface area (Å²) in [6.45, 7) is -0.152. The second-order valence-electron chi connectivity index (χ2n) is 4.17. The average Bonchev–Trinajstić information content (AvgIpc) is 2.65. The number of rotatable bonds is 2. The van der Waals surface area contributed by atoms with Crippen LogP contribution in [0.5, 0.6) is 0 Å². The Hall–Kier alpha value is -2.70. The molecular weight excluding hydrogens is 268 g/mol. The monoisotopic (exact) mass is 275 g/mol. The van der Waals surface area contributed by atoms with Gasteiger partial charge >= 0.3 is 0 Å². The number of aromatic nitrogens is 2. The number of carbonyl (C=O) groups excluding carboxylic acids is 2. The normalized spacial score (nSPS) is 13.8. The lowest BCUT2D eigenvalue weighted by Gasteiger charge is -2.15. The van der Waals surface area contributed by atoms with E-state index in [2.05, 4.69) is 9.97 Å². The maximum absolute atomic E-state index is 13.8. The highest BCUT2D eigenvalue weighted by Gasteiger charge is 2.39. The Morgan fingerprint density at radius 1 is 1.10 bits per heavy atom. The summed E-state index contributed by atoms with van der Waals surface area (Å²) in [6.07, 6.45) is 2.93. The van der Waals surface area contributed by atoms with Crippen LogP contribution in [0.2, 0.25) is 0 Å². The van der Waals surface area contributed by atoms with E-state index < -0.39 is 23.3 Å².